The monoisotopic (exact) mass is 289 g/mol. The van der Waals surface area contributed by atoms with Crippen molar-refractivity contribution in [3.8, 4) is 0 Å². The zero-order valence-corrected chi connectivity index (χ0v) is 11.3. The molecule has 1 radical (unpaired) electrons. The molecule has 6 nitrogen and oxygen atoms in total. The smallest absolute Gasteiger partial charge is 0.412 e. The Labute approximate surface area is 111 Å². The molecule has 0 rings (SSSR count). The third-order valence-corrected chi connectivity index (χ3v) is 0.813. The van der Waals surface area contributed by atoms with E-state index in [4.69, 9.17) is 0 Å². The van der Waals surface area contributed by atoms with Crippen molar-refractivity contribution in [2.24, 2.45) is 0 Å². The molecule has 0 bridgehead atoms. The molecule has 0 amide bonds. The molecule has 0 unspecified atom stereocenters. The van der Waals surface area contributed by atoms with E-state index in [-0.39, 0.29) is 51.2 Å². The van der Waals surface area contributed by atoms with E-state index in [0.717, 1.165) is 12.8 Å². The molecule has 0 aromatic carbocycles. The maximum Gasteiger partial charge on any atom is 2.00 e. The third kappa shape index (κ3) is 52.2. The average Bonchev–Trinajstić information content (AvgIpc) is 1.79. The van der Waals surface area contributed by atoms with Crippen LogP contribution in [-0.4, -0.2) is 34.1 Å². The summed E-state index contributed by atoms with van der Waals surface area (Å²) in [7, 11) is 0. The van der Waals surface area contributed by atoms with Gasteiger partial charge in [0.05, 0.1) is 0 Å². The van der Waals surface area contributed by atoms with Crippen LogP contribution >= 0.6 is 0 Å². The minimum Gasteiger partial charge on any atom is -0.412 e. The van der Waals surface area contributed by atoms with E-state index in [1.165, 1.54) is 27.7 Å². The molecule has 0 spiro atoms. The SMILES string of the molecule is CC(=O)[CH-]C(C)=O.CC(=O)[CH-]C(C)=O.O.O.[Mn+2]. The Balaban J connectivity index is -0.0000000480. The molecule has 17 heavy (non-hydrogen) atoms. The molecule has 0 atom stereocenters. The summed E-state index contributed by atoms with van der Waals surface area (Å²) >= 11 is 0. The molecule has 0 fully saturated rings. The molecule has 0 aliphatic rings. The van der Waals surface area contributed by atoms with Crippen LogP contribution in [-0.2, 0) is 36.2 Å². The topological polar surface area (TPSA) is 131 Å². The van der Waals surface area contributed by atoms with Crippen molar-refractivity contribution >= 4 is 23.1 Å². The van der Waals surface area contributed by atoms with Gasteiger partial charge in [0.2, 0.25) is 0 Å². The number of ketones is 4. The number of hydrogen-bond acceptors (Lipinski definition) is 4. The van der Waals surface area contributed by atoms with E-state index >= 15 is 0 Å². The molecule has 0 saturated carbocycles. The first kappa shape index (κ1) is 29.7. The third-order valence-electron chi connectivity index (χ3n) is 0.813. The van der Waals surface area contributed by atoms with Gasteiger partial charge in [-0.2, -0.15) is 0 Å². The standard InChI is InChI=1S/2C5H7O2.Mn.2H2O/c2*1-4(6)3-5(2)7;;;/h2*3H,1-2H3;;2*1H2/q2*-1;+2;;. The normalized spacial score (nSPS) is 6.35. The van der Waals surface area contributed by atoms with Crippen molar-refractivity contribution in [3.05, 3.63) is 12.8 Å². The predicted molar refractivity (Wildman–Crippen MR) is 58.6 cm³/mol. The number of Topliss-reactive ketones (excluding diaryl/α,β-unsaturated/α-hetero) is 4. The van der Waals surface area contributed by atoms with Gasteiger partial charge in [0, 0.05) is 23.1 Å². The number of carbonyl (C=O) groups is 4. The summed E-state index contributed by atoms with van der Waals surface area (Å²) in [5, 5.41) is 0. The van der Waals surface area contributed by atoms with Gasteiger partial charge in [-0.25, -0.2) is 0 Å². The molecule has 0 heterocycles. The maximum atomic E-state index is 9.98. The molecule has 0 saturated heterocycles. The van der Waals surface area contributed by atoms with Gasteiger partial charge in [-0.15, -0.1) is 0 Å². The van der Waals surface area contributed by atoms with Gasteiger partial charge in [0.15, 0.2) is 0 Å². The largest absolute Gasteiger partial charge is 2.00 e. The van der Waals surface area contributed by atoms with Gasteiger partial charge in [-0.05, 0) is 27.7 Å². The maximum absolute atomic E-state index is 9.98. The summed E-state index contributed by atoms with van der Waals surface area (Å²) in [6, 6.07) is 0. The van der Waals surface area contributed by atoms with Crippen molar-refractivity contribution in [1.82, 2.24) is 0 Å². The first-order valence-corrected chi connectivity index (χ1v) is 3.97. The van der Waals surface area contributed by atoms with Crippen LogP contribution in [0.2, 0.25) is 0 Å². The summed E-state index contributed by atoms with van der Waals surface area (Å²) in [6.07, 6.45) is 2.11. The van der Waals surface area contributed by atoms with Crippen molar-refractivity contribution in [1.29, 1.82) is 0 Å². The van der Waals surface area contributed by atoms with Crippen molar-refractivity contribution in [3.63, 3.8) is 0 Å². The van der Waals surface area contributed by atoms with E-state index in [0.29, 0.717) is 0 Å². The Bertz CT molecular complexity index is 199. The van der Waals surface area contributed by atoms with E-state index in [1.54, 1.807) is 0 Å². The van der Waals surface area contributed by atoms with Crippen LogP contribution in [0, 0.1) is 12.8 Å². The molecule has 101 valence electrons. The summed E-state index contributed by atoms with van der Waals surface area (Å²) in [6.45, 7) is 5.39. The van der Waals surface area contributed by atoms with E-state index in [2.05, 4.69) is 0 Å². The second-order valence-electron chi connectivity index (χ2n) is 2.73. The molecular weight excluding hydrogens is 271 g/mol. The summed E-state index contributed by atoms with van der Waals surface area (Å²) in [5.74, 6) is -0.750. The molecular formula is C10H18MnO6. The fourth-order valence-electron chi connectivity index (χ4n) is 0.572. The van der Waals surface area contributed by atoms with Gasteiger partial charge >= 0.3 is 17.1 Å². The molecule has 4 N–H and O–H groups in total. The Morgan fingerprint density at radius 3 is 0.706 bits per heavy atom. The second-order valence-corrected chi connectivity index (χ2v) is 2.73. The number of rotatable bonds is 4. The van der Waals surface area contributed by atoms with Crippen molar-refractivity contribution in [2.45, 2.75) is 27.7 Å². The zero-order valence-electron chi connectivity index (χ0n) is 10.2. The van der Waals surface area contributed by atoms with E-state index in [9.17, 15) is 19.2 Å². The average molecular weight is 289 g/mol. The molecule has 0 aromatic rings. The summed E-state index contributed by atoms with van der Waals surface area (Å²) in [4.78, 5) is 39.9. The van der Waals surface area contributed by atoms with Crippen LogP contribution in [0.5, 0.6) is 0 Å². The van der Waals surface area contributed by atoms with E-state index in [1.807, 2.05) is 0 Å². The van der Waals surface area contributed by atoms with Gasteiger partial charge in [0.25, 0.3) is 0 Å². The zero-order chi connectivity index (χ0) is 11.7. The minimum atomic E-state index is -0.187. The van der Waals surface area contributed by atoms with Crippen LogP contribution in [0.3, 0.4) is 0 Å². The fourth-order valence-corrected chi connectivity index (χ4v) is 0.572. The van der Waals surface area contributed by atoms with Crippen LogP contribution in [0.15, 0.2) is 0 Å². The molecule has 0 aromatic heterocycles. The predicted octanol–water partition coefficient (Wildman–Crippen LogP) is -0.915. The quantitative estimate of drug-likeness (QED) is 0.376. The molecule has 0 aliphatic carbocycles. The van der Waals surface area contributed by atoms with Crippen LogP contribution < -0.4 is 0 Å². The van der Waals surface area contributed by atoms with Crippen molar-refractivity contribution < 1.29 is 47.2 Å². The summed E-state index contributed by atoms with van der Waals surface area (Å²) < 4.78 is 0. The van der Waals surface area contributed by atoms with Crippen LogP contribution in [0.1, 0.15) is 27.7 Å². The summed E-state index contributed by atoms with van der Waals surface area (Å²) in [5.41, 5.74) is 0. The Kier molecular flexibility index (Phi) is 30.1. The van der Waals surface area contributed by atoms with Crippen molar-refractivity contribution in [2.75, 3.05) is 0 Å². The Hall–Kier alpha value is -1.14. The molecule has 7 heteroatoms. The van der Waals surface area contributed by atoms with Gasteiger partial charge in [0.1, 0.15) is 0 Å². The number of hydrogen-bond donors (Lipinski definition) is 0. The van der Waals surface area contributed by atoms with E-state index < -0.39 is 0 Å². The Morgan fingerprint density at radius 1 is 0.588 bits per heavy atom. The van der Waals surface area contributed by atoms with Gasteiger partial charge in [-0.1, -0.05) is 0 Å². The first-order valence-electron chi connectivity index (χ1n) is 3.97. The number of carbonyl (C=O) groups excluding carboxylic acids is 4. The minimum absolute atomic E-state index is 0. The van der Waals surface area contributed by atoms with Crippen LogP contribution in [0.25, 0.3) is 0 Å². The van der Waals surface area contributed by atoms with Crippen LogP contribution in [0.4, 0.5) is 0 Å². The first-order chi connectivity index (χ1) is 6.25. The van der Waals surface area contributed by atoms with Gasteiger partial charge in [-0.3, -0.25) is 12.8 Å². The second kappa shape index (κ2) is 17.3. The Morgan fingerprint density at radius 2 is 0.706 bits per heavy atom. The fraction of sp³-hybridized carbons (Fsp3) is 0.400. The van der Waals surface area contributed by atoms with Gasteiger partial charge < -0.3 is 30.1 Å². The molecule has 0 aliphatic heterocycles.